The van der Waals surface area contributed by atoms with Crippen LogP contribution in [0, 0.1) is 6.92 Å². The minimum Gasteiger partial charge on any atom is -0.490 e. The summed E-state index contributed by atoms with van der Waals surface area (Å²) >= 11 is 1.62. The molecule has 48 heavy (non-hydrogen) atoms. The summed E-state index contributed by atoms with van der Waals surface area (Å²) < 4.78 is 18.0. The number of nitrogens with zero attached hydrogens (tertiary/aromatic N) is 3. The van der Waals surface area contributed by atoms with Crippen LogP contribution in [0.1, 0.15) is 42.3 Å². The van der Waals surface area contributed by atoms with E-state index in [1.54, 1.807) is 11.8 Å². The molecule has 0 bridgehead atoms. The number of aromatic nitrogens is 1. The molecule has 2 N–H and O–H groups in total. The van der Waals surface area contributed by atoms with Crippen LogP contribution in [0.5, 0.6) is 17.2 Å². The van der Waals surface area contributed by atoms with Crippen molar-refractivity contribution in [1.82, 2.24) is 14.8 Å². The molecule has 2 heterocycles. The zero-order chi connectivity index (χ0) is 34.0. The van der Waals surface area contributed by atoms with Gasteiger partial charge in [-0.15, -0.1) is 11.8 Å². The summed E-state index contributed by atoms with van der Waals surface area (Å²) in [5.74, 6) is 2.43. The fraction of sp³-hybridized carbons (Fsp3) is 0.368. The van der Waals surface area contributed by atoms with Crippen molar-refractivity contribution in [2.45, 2.75) is 39.1 Å². The summed E-state index contributed by atoms with van der Waals surface area (Å²) in [6.07, 6.45) is 3.89. The first-order valence-electron chi connectivity index (χ1n) is 16.6. The SMILES string of the molecule is CCOc1ccc(-c2cc(Nc3ccc(C(=O)Nc4cc(CN5CCN(C)CC5)ccc4C)cc3)ncc2SC)c(OCC)c1OCC. The highest BCUT2D eigenvalue weighted by molar-refractivity contribution is 7.98. The topological polar surface area (TPSA) is 88.2 Å². The number of ether oxygens (including phenoxy) is 3. The molecule has 0 aliphatic carbocycles. The summed E-state index contributed by atoms with van der Waals surface area (Å²) in [6.45, 7) is 14.5. The monoisotopic (exact) mass is 669 g/mol. The van der Waals surface area contributed by atoms with E-state index in [1.165, 1.54) is 5.56 Å². The Balaban J connectivity index is 1.32. The summed E-state index contributed by atoms with van der Waals surface area (Å²) in [4.78, 5) is 23.8. The first-order chi connectivity index (χ1) is 23.3. The standard InChI is InChI=1S/C38H47N5O4S/c1-7-45-33-17-16-30(36(46-8-2)37(33)47-9-3)31-23-35(39-24-34(31)48-6)40-29-14-12-28(13-15-29)38(44)41-32-22-27(11-10-26(32)4)25-43-20-18-42(5)19-21-43/h10-17,22-24H,7-9,18-21,25H2,1-6H3,(H,39,40)(H,41,44). The largest absolute Gasteiger partial charge is 0.490 e. The second-order valence-corrected chi connectivity index (χ2v) is 12.6. The minimum atomic E-state index is -0.143. The van der Waals surface area contributed by atoms with Crippen molar-refractivity contribution in [3.05, 3.63) is 83.6 Å². The fourth-order valence-electron chi connectivity index (χ4n) is 5.69. The van der Waals surface area contributed by atoms with Crippen LogP contribution in [0.4, 0.5) is 17.2 Å². The highest BCUT2D eigenvalue weighted by Crippen LogP contribution is 2.47. The summed E-state index contributed by atoms with van der Waals surface area (Å²) in [5.41, 5.74) is 6.34. The van der Waals surface area contributed by atoms with Crippen molar-refractivity contribution in [2.75, 3.05) is 69.9 Å². The van der Waals surface area contributed by atoms with Crippen molar-refractivity contribution >= 4 is 34.9 Å². The Hall–Kier alpha value is -4.25. The number of benzene rings is 3. The molecule has 9 nitrogen and oxygen atoms in total. The van der Waals surface area contributed by atoms with Crippen LogP contribution in [0.15, 0.2) is 71.8 Å². The van der Waals surface area contributed by atoms with Gasteiger partial charge in [-0.05, 0) is 101 Å². The van der Waals surface area contributed by atoms with E-state index in [4.69, 9.17) is 14.2 Å². The van der Waals surface area contributed by atoms with E-state index in [9.17, 15) is 4.79 Å². The number of nitrogens with one attached hydrogen (secondary N) is 2. The number of carbonyl (C=O) groups excluding carboxylic acids is 1. The lowest BCUT2D eigenvalue weighted by Gasteiger charge is -2.32. The van der Waals surface area contributed by atoms with Crippen molar-refractivity contribution in [1.29, 1.82) is 0 Å². The van der Waals surface area contributed by atoms with Crippen LogP contribution >= 0.6 is 11.8 Å². The molecular weight excluding hydrogens is 623 g/mol. The zero-order valence-electron chi connectivity index (χ0n) is 28.9. The minimum absolute atomic E-state index is 0.143. The van der Waals surface area contributed by atoms with Crippen LogP contribution < -0.4 is 24.8 Å². The molecule has 0 saturated carbocycles. The van der Waals surface area contributed by atoms with Crippen molar-refractivity contribution in [3.8, 4) is 28.4 Å². The van der Waals surface area contributed by atoms with Gasteiger partial charge in [-0.1, -0.05) is 12.1 Å². The van der Waals surface area contributed by atoms with Gasteiger partial charge in [0.1, 0.15) is 5.82 Å². The maximum Gasteiger partial charge on any atom is 0.255 e. The number of thioether (sulfide) groups is 1. The van der Waals surface area contributed by atoms with Crippen LogP contribution in [0.25, 0.3) is 11.1 Å². The Kier molecular flexibility index (Phi) is 12.2. The van der Waals surface area contributed by atoms with Crippen LogP contribution in [-0.2, 0) is 6.54 Å². The molecule has 4 aromatic rings. The molecule has 1 amide bonds. The molecule has 1 fully saturated rings. The Morgan fingerprint density at radius 2 is 1.56 bits per heavy atom. The second kappa shape index (κ2) is 16.7. The molecule has 1 saturated heterocycles. The number of pyridine rings is 1. The lowest BCUT2D eigenvalue weighted by atomic mass is 10.0. The number of aryl methyl sites for hydroxylation is 1. The van der Waals surface area contributed by atoms with Gasteiger partial charge < -0.3 is 29.7 Å². The third kappa shape index (κ3) is 8.61. The first-order valence-corrected chi connectivity index (χ1v) is 17.8. The highest BCUT2D eigenvalue weighted by atomic mass is 32.2. The molecule has 254 valence electrons. The quantitative estimate of drug-likeness (QED) is 0.131. The number of likely N-dealkylation sites (N-methyl/N-ethyl adjacent to an activating group) is 1. The number of hydrogen-bond donors (Lipinski definition) is 2. The van der Waals surface area contributed by atoms with Crippen molar-refractivity contribution in [2.24, 2.45) is 0 Å². The third-order valence-electron chi connectivity index (χ3n) is 8.30. The Labute approximate surface area is 289 Å². The predicted molar refractivity (Wildman–Crippen MR) is 197 cm³/mol. The highest BCUT2D eigenvalue weighted by Gasteiger charge is 2.21. The number of anilines is 3. The van der Waals surface area contributed by atoms with Crippen LogP contribution in [0.2, 0.25) is 0 Å². The molecule has 0 unspecified atom stereocenters. The molecule has 1 aliphatic heterocycles. The van der Waals surface area contributed by atoms with Gasteiger partial charge in [0, 0.05) is 71.9 Å². The van der Waals surface area contributed by atoms with E-state index in [2.05, 4.69) is 50.7 Å². The maximum absolute atomic E-state index is 13.3. The van der Waals surface area contributed by atoms with Gasteiger partial charge in [-0.3, -0.25) is 9.69 Å². The van der Waals surface area contributed by atoms with Gasteiger partial charge in [0.15, 0.2) is 11.5 Å². The first kappa shape index (κ1) is 35.1. The smallest absolute Gasteiger partial charge is 0.255 e. The van der Waals surface area contributed by atoms with Crippen LogP contribution in [0.3, 0.4) is 0 Å². The number of rotatable bonds is 14. The second-order valence-electron chi connectivity index (χ2n) is 11.7. The van der Waals surface area contributed by atoms with E-state index in [1.807, 2.05) is 82.6 Å². The molecule has 0 spiro atoms. The van der Waals surface area contributed by atoms with Gasteiger partial charge in [-0.2, -0.15) is 0 Å². The van der Waals surface area contributed by atoms with E-state index in [0.717, 1.165) is 65.7 Å². The number of amides is 1. The zero-order valence-corrected chi connectivity index (χ0v) is 29.7. The molecule has 0 atom stereocenters. The Bertz CT molecular complexity index is 1690. The summed E-state index contributed by atoms with van der Waals surface area (Å²) in [6, 6.07) is 19.7. The lowest BCUT2D eigenvalue weighted by Crippen LogP contribution is -2.43. The van der Waals surface area contributed by atoms with Crippen molar-refractivity contribution in [3.63, 3.8) is 0 Å². The van der Waals surface area contributed by atoms with Gasteiger partial charge in [0.25, 0.3) is 5.91 Å². The summed E-state index contributed by atoms with van der Waals surface area (Å²) in [5, 5.41) is 6.53. The number of piperazine rings is 1. The molecule has 1 aliphatic rings. The van der Waals surface area contributed by atoms with Crippen molar-refractivity contribution < 1.29 is 19.0 Å². The fourth-order valence-corrected chi connectivity index (χ4v) is 6.24. The Morgan fingerprint density at radius 1 is 0.854 bits per heavy atom. The number of carbonyl (C=O) groups is 1. The van der Waals surface area contributed by atoms with Gasteiger partial charge in [0.05, 0.1) is 19.8 Å². The predicted octanol–water partition coefficient (Wildman–Crippen LogP) is 7.72. The van der Waals surface area contributed by atoms with Gasteiger partial charge >= 0.3 is 0 Å². The number of hydrogen-bond acceptors (Lipinski definition) is 9. The summed E-state index contributed by atoms with van der Waals surface area (Å²) in [7, 11) is 2.16. The van der Waals surface area contributed by atoms with E-state index in [0.29, 0.717) is 48.5 Å². The lowest BCUT2D eigenvalue weighted by molar-refractivity contribution is 0.102. The maximum atomic E-state index is 13.3. The molecule has 3 aromatic carbocycles. The average molecular weight is 670 g/mol. The molecule has 10 heteroatoms. The third-order valence-corrected chi connectivity index (χ3v) is 9.07. The van der Waals surface area contributed by atoms with E-state index >= 15 is 0 Å². The van der Waals surface area contributed by atoms with Crippen LogP contribution in [-0.4, -0.2) is 80.0 Å². The van der Waals surface area contributed by atoms with E-state index in [-0.39, 0.29) is 5.91 Å². The molecule has 0 radical (unpaired) electrons. The molecule has 1 aromatic heterocycles. The van der Waals surface area contributed by atoms with Gasteiger partial charge in [-0.25, -0.2) is 4.98 Å². The molecular formula is C38H47N5O4S. The van der Waals surface area contributed by atoms with Gasteiger partial charge in [0.2, 0.25) is 5.75 Å². The van der Waals surface area contributed by atoms with E-state index < -0.39 is 0 Å². The average Bonchev–Trinajstić information content (AvgIpc) is 3.09. The Morgan fingerprint density at radius 3 is 2.25 bits per heavy atom. The normalized spacial score (nSPS) is 13.6. The molecule has 5 rings (SSSR count).